The zero-order chi connectivity index (χ0) is 15.3. The molecular weight excluding hydrogens is 285 g/mol. The second kappa shape index (κ2) is 7.24. The van der Waals surface area contributed by atoms with E-state index in [-0.39, 0.29) is 22.9 Å². The summed E-state index contributed by atoms with van der Waals surface area (Å²) in [6.07, 6.45) is 0.278. The Morgan fingerprint density at radius 3 is 2.55 bits per heavy atom. The number of amides is 1. The molecule has 0 bridgehead atoms. The van der Waals surface area contributed by atoms with Gasteiger partial charge in [-0.2, -0.15) is 0 Å². The molecule has 110 valence electrons. The summed E-state index contributed by atoms with van der Waals surface area (Å²) < 4.78 is 13.6. The average Bonchev–Trinajstić information content (AvgIpc) is 2.26. The van der Waals surface area contributed by atoms with Gasteiger partial charge in [0.15, 0.2) is 0 Å². The van der Waals surface area contributed by atoms with Gasteiger partial charge in [0.05, 0.1) is 17.0 Å². The highest BCUT2D eigenvalue weighted by Gasteiger charge is 2.21. The predicted molar refractivity (Wildman–Crippen MR) is 74.4 cm³/mol. The fourth-order valence-corrected chi connectivity index (χ4v) is 2.19. The summed E-state index contributed by atoms with van der Waals surface area (Å²) >= 11 is 5.80. The molecule has 20 heavy (non-hydrogen) atoms. The quantitative estimate of drug-likeness (QED) is 0.848. The molecule has 0 saturated carbocycles. The predicted octanol–water partition coefficient (Wildman–Crippen LogP) is 3.10. The van der Waals surface area contributed by atoms with E-state index in [0.29, 0.717) is 6.42 Å². The number of hydrogen-bond acceptors (Lipinski definition) is 2. The van der Waals surface area contributed by atoms with Crippen LogP contribution in [0.5, 0.6) is 0 Å². The van der Waals surface area contributed by atoms with E-state index >= 15 is 0 Å². The van der Waals surface area contributed by atoms with Crippen molar-refractivity contribution >= 4 is 23.5 Å². The third-order valence-corrected chi connectivity index (χ3v) is 3.02. The maximum atomic E-state index is 13.6. The van der Waals surface area contributed by atoms with E-state index in [9.17, 15) is 14.0 Å². The number of rotatable bonds is 6. The Morgan fingerprint density at radius 2 is 2.05 bits per heavy atom. The van der Waals surface area contributed by atoms with Crippen LogP contribution in [0.4, 0.5) is 4.39 Å². The van der Waals surface area contributed by atoms with Crippen molar-refractivity contribution in [3.05, 3.63) is 34.6 Å². The molecule has 0 aliphatic carbocycles. The summed E-state index contributed by atoms with van der Waals surface area (Å²) in [6, 6.07) is 3.39. The van der Waals surface area contributed by atoms with E-state index in [1.165, 1.54) is 12.1 Å². The molecule has 0 saturated heterocycles. The largest absolute Gasteiger partial charge is 0.481 e. The summed E-state index contributed by atoms with van der Waals surface area (Å²) in [5.74, 6) is -2.24. The smallest absolute Gasteiger partial charge is 0.305 e. The van der Waals surface area contributed by atoms with Gasteiger partial charge in [-0.15, -0.1) is 0 Å². The molecule has 0 unspecified atom stereocenters. The van der Waals surface area contributed by atoms with Gasteiger partial charge in [0, 0.05) is 6.04 Å². The van der Waals surface area contributed by atoms with Crippen molar-refractivity contribution in [2.45, 2.75) is 32.7 Å². The molecular formula is C14H17ClFNO3. The third-order valence-electron chi connectivity index (χ3n) is 2.70. The molecule has 0 radical (unpaired) electrons. The Bertz CT molecular complexity index is 485. The van der Waals surface area contributed by atoms with Crippen LogP contribution in [0.25, 0.3) is 0 Å². The van der Waals surface area contributed by atoms with E-state index in [0.717, 1.165) is 6.07 Å². The van der Waals surface area contributed by atoms with E-state index in [4.69, 9.17) is 16.7 Å². The topological polar surface area (TPSA) is 66.4 Å². The second-order valence-electron chi connectivity index (χ2n) is 4.99. The SMILES string of the molecule is CC(C)C[C@@H](CC(=O)O)NC(=O)c1c(F)cccc1Cl. The number of nitrogens with one attached hydrogen (secondary N) is 1. The van der Waals surface area contributed by atoms with Crippen LogP contribution in [0.1, 0.15) is 37.0 Å². The molecule has 0 aromatic heterocycles. The average molecular weight is 302 g/mol. The van der Waals surface area contributed by atoms with Gasteiger partial charge < -0.3 is 10.4 Å². The van der Waals surface area contributed by atoms with Crippen molar-refractivity contribution in [3.63, 3.8) is 0 Å². The van der Waals surface area contributed by atoms with Crippen molar-refractivity contribution in [3.8, 4) is 0 Å². The van der Waals surface area contributed by atoms with E-state index in [1.54, 1.807) is 0 Å². The number of benzene rings is 1. The van der Waals surface area contributed by atoms with Crippen molar-refractivity contribution in [2.24, 2.45) is 5.92 Å². The van der Waals surface area contributed by atoms with Gasteiger partial charge in [-0.05, 0) is 24.5 Å². The Kier molecular flexibility index (Phi) is 5.95. The zero-order valence-electron chi connectivity index (χ0n) is 11.3. The number of carbonyl (C=O) groups excluding carboxylic acids is 1. The number of aliphatic carboxylic acids is 1. The summed E-state index contributed by atoms with van der Waals surface area (Å²) in [4.78, 5) is 22.8. The molecule has 1 rings (SSSR count). The first-order chi connectivity index (χ1) is 9.31. The lowest BCUT2D eigenvalue weighted by Gasteiger charge is -2.19. The van der Waals surface area contributed by atoms with Crippen molar-refractivity contribution < 1.29 is 19.1 Å². The Balaban J connectivity index is 2.87. The van der Waals surface area contributed by atoms with Crippen molar-refractivity contribution in [1.29, 1.82) is 0 Å². The highest BCUT2D eigenvalue weighted by molar-refractivity contribution is 6.33. The maximum absolute atomic E-state index is 13.6. The van der Waals surface area contributed by atoms with Crippen LogP contribution in [0.15, 0.2) is 18.2 Å². The summed E-state index contributed by atoms with van der Waals surface area (Å²) in [7, 11) is 0. The van der Waals surface area contributed by atoms with E-state index in [2.05, 4.69) is 5.32 Å². The molecule has 2 N–H and O–H groups in total. The first kappa shape index (κ1) is 16.4. The number of carboxylic acids is 1. The van der Waals surface area contributed by atoms with Crippen LogP contribution in [0.2, 0.25) is 5.02 Å². The first-order valence-electron chi connectivity index (χ1n) is 6.28. The second-order valence-corrected chi connectivity index (χ2v) is 5.40. The lowest BCUT2D eigenvalue weighted by molar-refractivity contribution is -0.137. The van der Waals surface area contributed by atoms with Crippen LogP contribution in [-0.2, 0) is 4.79 Å². The monoisotopic (exact) mass is 301 g/mol. The van der Waals surface area contributed by atoms with Gasteiger partial charge in [0.25, 0.3) is 5.91 Å². The fraction of sp³-hybridized carbons (Fsp3) is 0.429. The highest BCUT2D eigenvalue weighted by atomic mass is 35.5. The summed E-state index contributed by atoms with van der Waals surface area (Å²) in [6.45, 7) is 3.83. The minimum Gasteiger partial charge on any atom is -0.481 e. The minimum atomic E-state index is -1.02. The van der Waals surface area contributed by atoms with Gasteiger partial charge in [-0.3, -0.25) is 9.59 Å². The molecule has 0 aliphatic rings. The summed E-state index contributed by atoms with van der Waals surface area (Å²) in [5, 5.41) is 11.4. The third kappa shape index (κ3) is 4.81. The summed E-state index contributed by atoms with van der Waals surface area (Å²) in [5.41, 5.74) is -0.256. The van der Waals surface area contributed by atoms with Crippen LogP contribution >= 0.6 is 11.6 Å². The minimum absolute atomic E-state index is 0.00104. The highest BCUT2D eigenvalue weighted by Crippen LogP contribution is 2.19. The Morgan fingerprint density at radius 1 is 1.40 bits per heavy atom. The van der Waals surface area contributed by atoms with Crippen molar-refractivity contribution in [2.75, 3.05) is 0 Å². The number of halogens is 2. The molecule has 4 nitrogen and oxygen atoms in total. The lowest BCUT2D eigenvalue weighted by Crippen LogP contribution is -2.38. The number of carboxylic acid groups (broad SMARTS) is 1. The van der Waals surface area contributed by atoms with E-state index < -0.39 is 23.7 Å². The molecule has 0 spiro atoms. The van der Waals surface area contributed by atoms with Gasteiger partial charge in [-0.1, -0.05) is 31.5 Å². The molecule has 1 aromatic carbocycles. The number of carbonyl (C=O) groups is 2. The normalized spacial score (nSPS) is 12.2. The van der Waals surface area contributed by atoms with Crippen LogP contribution < -0.4 is 5.32 Å². The van der Waals surface area contributed by atoms with Gasteiger partial charge in [0.1, 0.15) is 5.82 Å². The van der Waals surface area contributed by atoms with Crippen LogP contribution in [-0.4, -0.2) is 23.0 Å². The maximum Gasteiger partial charge on any atom is 0.305 e. The van der Waals surface area contributed by atoms with Gasteiger partial charge >= 0.3 is 5.97 Å². The fourth-order valence-electron chi connectivity index (χ4n) is 1.95. The van der Waals surface area contributed by atoms with E-state index in [1.807, 2.05) is 13.8 Å². The van der Waals surface area contributed by atoms with Crippen LogP contribution in [0.3, 0.4) is 0 Å². The molecule has 1 amide bonds. The molecule has 0 heterocycles. The first-order valence-corrected chi connectivity index (χ1v) is 6.65. The lowest BCUT2D eigenvalue weighted by atomic mass is 10.0. The Labute approximate surface area is 121 Å². The molecule has 0 aliphatic heterocycles. The molecule has 1 atom stereocenters. The molecule has 6 heteroatoms. The zero-order valence-corrected chi connectivity index (χ0v) is 12.1. The number of hydrogen-bond donors (Lipinski definition) is 2. The van der Waals surface area contributed by atoms with Crippen LogP contribution in [0, 0.1) is 11.7 Å². The van der Waals surface area contributed by atoms with Crippen molar-refractivity contribution in [1.82, 2.24) is 5.32 Å². The molecule has 0 fully saturated rings. The Hall–Kier alpha value is -1.62. The van der Waals surface area contributed by atoms with Gasteiger partial charge in [-0.25, -0.2) is 4.39 Å². The molecule has 1 aromatic rings. The standard InChI is InChI=1S/C14H17ClFNO3/c1-8(2)6-9(7-12(18)19)17-14(20)13-10(15)4-3-5-11(13)16/h3-5,8-9H,6-7H2,1-2H3,(H,17,20)(H,18,19)/t9-/m0/s1. The van der Waals surface area contributed by atoms with Gasteiger partial charge in [0.2, 0.25) is 0 Å².